The highest BCUT2D eigenvalue weighted by Crippen LogP contribution is 2.31. The SMILES string of the molecule is CN(C[C@@H]1COc2ccccc2O1)C(=O)CSc1nnc(CCC(N)=O)n1C. The Kier molecular flexibility index (Phi) is 6.40. The molecule has 0 saturated heterocycles. The van der Waals surface area contributed by atoms with Gasteiger partial charge in [0, 0.05) is 26.9 Å². The number of fused-ring (bicyclic) bond motifs is 1. The zero-order chi connectivity index (χ0) is 20.1. The predicted octanol–water partition coefficient (Wildman–Crippen LogP) is 0.624. The Hall–Kier alpha value is -2.75. The average Bonchev–Trinajstić information content (AvgIpc) is 3.04. The van der Waals surface area contributed by atoms with E-state index in [1.54, 1.807) is 23.6 Å². The lowest BCUT2D eigenvalue weighted by molar-refractivity contribution is -0.128. The van der Waals surface area contributed by atoms with E-state index in [9.17, 15) is 9.59 Å². The summed E-state index contributed by atoms with van der Waals surface area (Å²) in [6, 6.07) is 7.48. The van der Waals surface area contributed by atoms with Crippen LogP contribution in [0.2, 0.25) is 0 Å². The molecule has 1 aliphatic heterocycles. The molecule has 0 saturated carbocycles. The number of amides is 2. The highest BCUT2D eigenvalue weighted by atomic mass is 32.2. The van der Waals surface area contributed by atoms with Crippen molar-refractivity contribution in [2.24, 2.45) is 12.8 Å². The summed E-state index contributed by atoms with van der Waals surface area (Å²) in [5.74, 6) is 1.87. The minimum absolute atomic E-state index is 0.0471. The quantitative estimate of drug-likeness (QED) is 0.641. The van der Waals surface area contributed by atoms with E-state index in [-0.39, 0.29) is 30.1 Å². The minimum Gasteiger partial charge on any atom is -0.486 e. The molecule has 2 aromatic rings. The van der Waals surface area contributed by atoms with E-state index >= 15 is 0 Å². The van der Waals surface area contributed by atoms with Gasteiger partial charge in [-0.3, -0.25) is 9.59 Å². The van der Waals surface area contributed by atoms with Crippen molar-refractivity contribution in [3.8, 4) is 11.5 Å². The second kappa shape index (κ2) is 8.96. The van der Waals surface area contributed by atoms with Gasteiger partial charge >= 0.3 is 0 Å². The molecule has 3 rings (SSSR count). The molecular formula is C18H23N5O4S. The fraction of sp³-hybridized carbons (Fsp3) is 0.444. The number of likely N-dealkylation sites (N-methyl/N-ethyl adjacent to an activating group) is 1. The van der Waals surface area contributed by atoms with Crippen molar-refractivity contribution in [2.45, 2.75) is 24.1 Å². The van der Waals surface area contributed by atoms with E-state index in [1.807, 2.05) is 24.3 Å². The van der Waals surface area contributed by atoms with E-state index in [1.165, 1.54) is 11.8 Å². The van der Waals surface area contributed by atoms with Crippen LogP contribution in [0.1, 0.15) is 12.2 Å². The number of para-hydroxylation sites is 2. The van der Waals surface area contributed by atoms with Gasteiger partial charge in [0.25, 0.3) is 0 Å². The molecule has 1 aromatic heterocycles. The van der Waals surface area contributed by atoms with Crippen LogP contribution in [0.15, 0.2) is 29.4 Å². The fourth-order valence-electron chi connectivity index (χ4n) is 2.72. The summed E-state index contributed by atoms with van der Waals surface area (Å²) in [5.41, 5.74) is 5.16. The van der Waals surface area contributed by atoms with Gasteiger partial charge in [0.2, 0.25) is 11.8 Å². The van der Waals surface area contributed by atoms with E-state index in [0.29, 0.717) is 36.3 Å². The zero-order valence-electron chi connectivity index (χ0n) is 15.8. The first kappa shape index (κ1) is 20.0. The molecule has 1 aromatic carbocycles. The Morgan fingerprint density at radius 3 is 2.82 bits per heavy atom. The lowest BCUT2D eigenvalue weighted by atomic mass is 10.2. The maximum Gasteiger partial charge on any atom is 0.232 e. The Morgan fingerprint density at radius 1 is 1.32 bits per heavy atom. The largest absolute Gasteiger partial charge is 0.486 e. The highest BCUT2D eigenvalue weighted by Gasteiger charge is 2.24. The molecule has 2 N–H and O–H groups in total. The molecule has 0 bridgehead atoms. The number of rotatable bonds is 8. The summed E-state index contributed by atoms with van der Waals surface area (Å²) >= 11 is 1.30. The minimum atomic E-state index is -0.384. The summed E-state index contributed by atoms with van der Waals surface area (Å²) in [7, 11) is 3.54. The first-order chi connectivity index (χ1) is 13.4. The second-order valence-corrected chi connectivity index (χ2v) is 7.43. The van der Waals surface area contributed by atoms with Crippen LogP contribution in [0.25, 0.3) is 0 Å². The van der Waals surface area contributed by atoms with Crippen LogP contribution in [0, 0.1) is 0 Å². The summed E-state index contributed by atoms with van der Waals surface area (Å²) in [6.07, 6.45) is 0.419. The third-order valence-electron chi connectivity index (χ3n) is 4.32. The van der Waals surface area contributed by atoms with Crippen LogP contribution in [0.3, 0.4) is 0 Å². The smallest absolute Gasteiger partial charge is 0.232 e. The van der Waals surface area contributed by atoms with E-state index < -0.39 is 0 Å². The summed E-state index contributed by atoms with van der Waals surface area (Å²) in [6.45, 7) is 0.824. The number of nitrogens with zero attached hydrogens (tertiary/aromatic N) is 4. The van der Waals surface area contributed by atoms with Crippen molar-refractivity contribution in [3.05, 3.63) is 30.1 Å². The summed E-state index contributed by atoms with van der Waals surface area (Å²) in [4.78, 5) is 25.0. The Morgan fingerprint density at radius 2 is 2.07 bits per heavy atom. The van der Waals surface area contributed by atoms with Crippen molar-refractivity contribution >= 4 is 23.6 Å². The number of primary amides is 1. The highest BCUT2D eigenvalue weighted by molar-refractivity contribution is 7.99. The maximum absolute atomic E-state index is 12.5. The molecule has 0 aliphatic carbocycles. The van der Waals surface area contributed by atoms with Gasteiger partial charge in [0.1, 0.15) is 12.4 Å². The summed E-state index contributed by atoms with van der Waals surface area (Å²) in [5, 5.41) is 8.74. The van der Waals surface area contributed by atoms with Gasteiger partial charge in [-0.2, -0.15) is 0 Å². The lowest BCUT2D eigenvalue weighted by Gasteiger charge is -2.29. The Bertz CT molecular complexity index is 856. The van der Waals surface area contributed by atoms with Crippen molar-refractivity contribution in [3.63, 3.8) is 0 Å². The normalized spacial score (nSPS) is 15.3. The Labute approximate surface area is 167 Å². The first-order valence-corrected chi connectivity index (χ1v) is 9.84. The average molecular weight is 405 g/mol. The van der Waals surface area contributed by atoms with Gasteiger partial charge in [-0.05, 0) is 12.1 Å². The third kappa shape index (κ3) is 4.94. The third-order valence-corrected chi connectivity index (χ3v) is 5.32. The molecule has 1 atom stereocenters. The van der Waals surface area contributed by atoms with E-state index in [4.69, 9.17) is 15.2 Å². The van der Waals surface area contributed by atoms with Crippen LogP contribution >= 0.6 is 11.8 Å². The molecule has 0 fully saturated rings. The van der Waals surface area contributed by atoms with Crippen molar-refractivity contribution in [1.82, 2.24) is 19.7 Å². The number of aromatic nitrogens is 3. The van der Waals surface area contributed by atoms with Gasteiger partial charge in [-0.25, -0.2) is 0 Å². The molecule has 0 radical (unpaired) electrons. The van der Waals surface area contributed by atoms with E-state index in [0.717, 1.165) is 5.75 Å². The van der Waals surface area contributed by atoms with Gasteiger partial charge < -0.3 is 24.7 Å². The molecule has 1 aliphatic rings. The zero-order valence-corrected chi connectivity index (χ0v) is 16.6. The number of benzene rings is 1. The van der Waals surface area contributed by atoms with Crippen molar-refractivity contribution in [2.75, 3.05) is 26.0 Å². The molecule has 2 amide bonds. The molecule has 28 heavy (non-hydrogen) atoms. The van der Waals surface area contributed by atoms with Crippen LogP contribution in [0.5, 0.6) is 11.5 Å². The number of carbonyl (C=O) groups excluding carboxylic acids is 2. The number of aryl methyl sites for hydroxylation is 1. The number of ether oxygens (including phenoxy) is 2. The first-order valence-electron chi connectivity index (χ1n) is 8.86. The number of hydrogen-bond donors (Lipinski definition) is 1. The number of hydrogen-bond acceptors (Lipinski definition) is 7. The second-order valence-electron chi connectivity index (χ2n) is 6.48. The van der Waals surface area contributed by atoms with Crippen LogP contribution in [-0.4, -0.2) is 63.5 Å². The van der Waals surface area contributed by atoms with Crippen LogP contribution in [0.4, 0.5) is 0 Å². The van der Waals surface area contributed by atoms with Gasteiger partial charge in [0.15, 0.2) is 22.8 Å². The number of nitrogens with two attached hydrogens (primary N) is 1. The summed E-state index contributed by atoms with van der Waals surface area (Å²) < 4.78 is 13.3. The van der Waals surface area contributed by atoms with Crippen LogP contribution < -0.4 is 15.2 Å². The standard InChI is InChI=1S/C18H23N5O4S/c1-22(9-12-10-26-13-5-3-4-6-14(13)27-12)17(25)11-28-18-21-20-16(23(18)2)8-7-15(19)24/h3-6,12H,7-11H2,1-2H3,(H2,19,24)/t12-/m1/s1. The Balaban J connectivity index is 1.48. The van der Waals surface area contributed by atoms with Crippen molar-refractivity contribution in [1.29, 1.82) is 0 Å². The molecule has 10 heteroatoms. The maximum atomic E-state index is 12.5. The predicted molar refractivity (Wildman–Crippen MR) is 103 cm³/mol. The molecule has 150 valence electrons. The van der Waals surface area contributed by atoms with Crippen LogP contribution in [-0.2, 0) is 23.1 Å². The van der Waals surface area contributed by atoms with Crippen molar-refractivity contribution < 1.29 is 19.1 Å². The molecular weight excluding hydrogens is 382 g/mol. The molecule has 9 nitrogen and oxygen atoms in total. The molecule has 0 unspecified atom stereocenters. The lowest BCUT2D eigenvalue weighted by Crippen LogP contribution is -2.42. The number of carbonyl (C=O) groups is 2. The van der Waals surface area contributed by atoms with E-state index in [2.05, 4.69) is 10.2 Å². The van der Waals surface area contributed by atoms with Gasteiger partial charge in [-0.1, -0.05) is 23.9 Å². The topological polar surface area (TPSA) is 113 Å². The molecule has 2 heterocycles. The fourth-order valence-corrected chi connectivity index (χ4v) is 3.59. The number of thioether (sulfide) groups is 1. The van der Waals surface area contributed by atoms with Gasteiger partial charge in [-0.15, -0.1) is 10.2 Å². The molecule has 0 spiro atoms. The van der Waals surface area contributed by atoms with Gasteiger partial charge in [0.05, 0.1) is 12.3 Å². The monoisotopic (exact) mass is 405 g/mol.